The molecule has 14 nitrogen and oxygen atoms in total. The van der Waals surface area contributed by atoms with E-state index in [1.165, 1.54) is 27.9 Å². The molecule has 2 fully saturated rings. The highest BCUT2D eigenvalue weighted by Crippen LogP contribution is 2.32. The first-order valence-corrected chi connectivity index (χ1v) is 11.6. The van der Waals surface area contributed by atoms with E-state index in [9.17, 15) is 42.9 Å². The van der Waals surface area contributed by atoms with Crippen LogP contribution in [0.15, 0.2) is 0 Å². The number of methoxy groups -OCH3 is 1. The number of halogens is 3. The van der Waals surface area contributed by atoms with Gasteiger partial charge in [0.15, 0.2) is 18.7 Å². The summed E-state index contributed by atoms with van der Waals surface area (Å²) in [7, 11) is 1.17. The second-order valence-corrected chi connectivity index (χ2v) is 9.83. The molecule has 7 N–H and O–H groups in total. The first kappa shape index (κ1) is 31.9. The maximum atomic E-state index is 13.1. The predicted octanol–water partition coefficient (Wildman–Crippen LogP) is -1.75. The highest BCUT2D eigenvalue weighted by atomic mass is 19.4. The smallest absolute Gasteiger partial charge is 0.454 e. The van der Waals surface area contributed by atoms with Crippen molar-refractivity contribution in [1.29, 1.82) is 0 Å². The number of primary amides is 1. The maximum absolute atomic E-state index is 13.1. The zero-order chi connectivity index (χ0) is 29.0. The lowest BCUT2D eigenvalue weighted by atomic mass is 9.94. The van der Waals surface area contributed by atoms with E-state index in [0.29, 0.717) is 0 Å². The van der Waals surface area contributed by atoms with Crippen molar-refractivity contribution in [2.75, 3.05) is 20.3 Å². The Morgan fingerprint density at radius 1 is 1.03 bits per heavy atom. The number of rotatable bonds is 8. The molecular formula is C21H34F3N3O11. The summed E-state index contributed by atoms with van der Waals surface area (Å²) in [5, 5.41) is 33.8. The lowest BCUT2D eigenvalue weighted by Crippen LogP contribution is -2.68. The van der Waals surface area contributed by atoms with Crippen LogP contribution < -0.4 is 16.4 Å². The first-order chi connectivity index (χ1) is 17.5. The average molecular weight is 562 g/mol. The van der Waals surface area contributed by atoms with Crippen molar-refractivity contribution < 1.29 is 66.6 Å². The summed E-state index contributed by atoms with van der Waals surface area (Å²) in [5.41, 5.74) is 4.10. The summed E-state index contributed by atoms with van der Waals surface area (Å²) >= 11 is 0. The molecule has 0 spiro atoms. The van der Waals surface area contributed by atoms with Crippen LogP contribution in [-0.4, -0.2) is 115 Å². The molecule has 0 unspecified atom stereocenters. The zero-order valence-electron chi connectivity index (χ0n) is 21.1. The number of nitrogens with one attached hydrogen (secondary N) is 2. The van der Waals surface area contributed by atoms with Gasteiger partial charge in [0.25, 0.3) is 0 Å². The van der Waals surface area contributed by atoms with Gasteiger partial charge in [-0.25, -0.2) is 4.79 Å². The maximum Gasteiger partial charge on any atom is 0.471 e. The van der Waals surface area contributed by atoms with Gasteiger partial charge in [0.1, 0.15) is 18.3 Å². The van der Waals surface area contributed by atoms with Crippen molar-refractivity contribution in [1.82, 2.24) is 10.6 Å². The third-order valence-corrected chi connectivity index (χ3v) is 5.86. The minimum atomic E-state index is -5.28. The van der Waals surface area contributed by atoms with E-state index in [0.717, 1.165) is 0 Å². The van der Waals surface area contributed by atoms with Gasteiger partial charge in [0, 0.05) is 7.11 Å². The Labute approximate surface area is 215 Å². The monoisotopic (exact) mass is 561 g/mol. The number of esters is 1. The predicted molar refractivity (Wildman–Crippen MR) is 118 cm³/mol. The van der Waals surface area contributed by atoms with Crippen LogP contribution in [0.2, 0.25) is 0 Å². The summed E-state index contributed by atoms with van der Waals surface area (Å²) in [6.45, 7) is 2.92. The Morgan fingerprint density at radius 2 is 1.66 bits per heavy atom. The van der Waals surface area contributed by atoms with Crippen LogP contribution in [0.25, 0.3) is 0 Å². The van der Waals surface area contributed by atoms with Crippen molar-refractivity contribution in [3.05, 3.63) is 0 Å². The molecule has 0 aromatic heterocycles. The fourth-order valence-corrected chi connectivity index (χ4v) is 3.98. The number of hydrogen-bond donors (Lipinski definition) is 6. The molecule has 0 aromatic carbocycles. The van der Waals surface area contributed by atoms with Gasteiger partial charge in [0.2, 0.25) is 0 Å². The molecule has 0 aromatic rings. The number of aliphatic hydroxyl groups excluding tert-OH is 3. The molecule has 17 heteroatoms. The van der Waals surface area contributed by atoms with Gasteiger partial charge in [-0.3, -0.25) is 9.59 Å². The highest BCUT2D eigenvalue weighted by molar-refractivity contribution is 5.82. The number of aliphatic hydroxyl groups is 3. The molecule has 2 saturated heterocycles. The quantitative estimate of drug-likeness (QED) is 0.183. The molecule has 2 aliphatic heterocycles. The SMILES string of the molecule is CO[C@@H]1[C@H](NC(N)=O)[C@@H](O[C@@H]2O[C@H](CO)C[C@H](NC(=O)C(F)(F)F)[C@H]2OC(=O)C(C)(C)C)[C@@H](CO)O[C@H]1O. The van der Waals surface area contributed by atoms with Gasteiger partial charge in [-0.2, -0.15) is 13.2 Å². The summed E-state index contributed by atoms with van der Waals surface area (Å²) in [6, 6.07) is -3.94. The lowest BCUT2D eigenvalue weighted by molar-refractivity contribution is -0.325. The lowest BCUT2D eigenvalue weighted by Gasteiger charge is -2.47. The largest absolute Gasteiger partial charge is 0.471 e. The number of carbonyl (C=O) groups is 3. The zero-order valence-corrected chi connectivity index (χ0v) is 21.1. The molecule has 0 aliphatic carbocycles. The van der Waals surface area contributed by atoms with Crippen LogP contribution >= 0.6 is 0 Å². The standard InChI is InChI=1S/C21H34F3N3O11/c1-20(2,3)18(32)38-12-9(26-17(31)21(22,23)24)5-8(6-28)35-16(12)37-13-10(7-29)36-15(30)14(34-4)11(13)27-19(25)33/h8-16,28-30H,5-7H2,1-4H3,(H,26,31)(H3,25,27,33)/t8-,9-,10+,11+,12+,13-,14+,15+,16-/m0/s1. The number of nitrogens with two attached hydrogens (primary N) is 1. The second kappa shape index (κ2) is 12.7. The second-order valence-electron chi connectivity index (χ2n) is 9.83. The number of urea groups is 1. The van der Waals surface area contributed by atoms with E-state index >= 15 is 0 Å². The number of alkyl halides is 3. The van der Waals surface area contributed by atoms with Crippen molar-refractivity contribution in [3.63, 3.8) is 0 Å². The summed E-state index contributed by atoms with van der Waals surface area (Å²) in [4.78, 5) is 36.2. The van der Waals surface area contributed by atoms with E-state index in [1.54, 1.807) is 5.32 Å². The third kappa shape index (κ3) is 7.87. The van der Waals surface area contributed by atoms with Crippen LogP contribution in [0.5, 0.6) is 0 Å². The van der Waals surface area contributed by atoms with Crippen molar-refractivity contribution in [2.45, 2.75) is 88.6 Å². The molecule has 3 amide bonds. The minimum absolute atomic E-state index is 0.396. The molecule has 0 bridgehead atoms. The van der Waals surface area contributed by atoms with E-state index < -0.39 is 104 Å². The first-order valence-electron chi connectivity index (χ1n) is 11.6. The molecule has 2 heterocycles. The van der Waals surface area contributed by atoms with Crippen LogP contribution in [0, 0.1) is 5.41 Å². The highest BCUT2D eigenvalue weighted by Gasteiger charge is 2.52. The normalized spacial score (nSPS) is 34.3. The summed E-state index contributed by atoms with van der Waals surface area (Å²) in [5.74, 6) is -3.22. The Hall–Kier alpha value is -2.28. The van der Waals surface area contributed by atoms with Crippen LogP contribution in [0.3, 0.4) is 0 Å². The van der Waals surface area contributed by atoms with Crippen LogP contribution in [0.1, 0.15) is 27.2 Å². The minimum Gasteiger partial charge on any atom is -0.454 e. The Balaban J connectivity index is 2.50. The van der Waals surface area contributed by atoms with Crippen LogP contribution in [-0.2, 0) is 33.3 Å². The molecule has 9 atom stereocenters. The molecular weight excluding hydrogens is 527 g/mol. The molecule has 0 radical (unpaired) electrons. The fourth-order valence-electron chi connectivity index (χ4n) is 3.98. The average Bonchev–Trinajstić information content (AvgIpc) is 2.80. The molecule has 2 aliphatic rings. The van der Waals surface area contributed by atoms with Gasteiger partial charge >= 0.3 is 24.1 Å². The Bertz CT molecular complexity index is 841. The number of amides is 3. The number of carbonyl (C=O) groups excluding carboxylic acids is 3. The Kier molecular flexibility index (Phi) is 10.7. The van der Waals surface area contributed by atoms with Gasteiger partial charge in [-0.1, -0.05) is 0 Å². The van der Waals surface area contributed by atoms with E-state index in [1.807, 2.05) is 0 Å². The third-order valence-electron chi connectivity index (χ3n) is 5.86. The number of hydrogen-bond acceptors (Lipinski definition) is 11. The molecule has 2 rings (SSSR count). The van der Waals surface area contributed by atoms with Crippen molar-refractivity contribution >= 4 is 17.9 Å². The van der Waals surface area contributed by atoms with E-state index in [2.05, 4.69) is 5.32 Å². The topological polar surface area (TPSA) is 208 Å². The van der Waals surface area contributed by atoms with Crippen molar-refractivity contribution in [3.8, 4) is 0 Å². The number of ether oxygens (including phenoxy) is 5. The van der Waals surface area contributed by atoms with Gasteiger partial charge in [-0.05, 0) is 27.2 Å². The Morgan fingerprint density at radius 3 is 2.13 bits per heavy atom. The fraction of sp³-hybridized carbons (Fsp3) is 0.857. The molecule has 220 valence electrons. The summed E-state index contributed by atoms with van der Waals surface area (Å²) < 4.78 is 66.6. The summed E-state index contributed by atoms with van der Waals surface area (Å²) in [6.07, 6.45) is -16.1. The molecule has 0 saturated carbocycles. The van der Waals surface area contributed by atoms with Crippen molar-refractivity contribution in [2.24, 2.45) is 11.1 Å². The van der Waals surface area contributed by atoms with E-state index in [-0.39, 0.29) is 0 Å². The van der Waals surface area contributed by atoms with Gasteiger partial charge in [0.05, 0.1) is 36.8 Å². The van der Waals surface area contributed by atoms with Crippen LogP contribution in [0.4, 0.5) is 18.0 Å². The molecule has 38 heavy (non-hydrogen) atoms. The van der Waals surface area contributed by atoms with E-state index in [4.69, 9.17) is 29.4 Å². The van der Waals surface area contributed by atoms with Gasteiger partial charge in [-0.15, -0.1) is 0 Å². The van der Waals surface area contributed by atoms with Gasteiger partial charge < -0.3 is 55.4 Å².